The van der Waals surface area contributed by atoms with Crippen LogP contribution in [0, 0.1) is 5.41 Å². The zero-order chi connectivity index (χ0) is 24.8. The van der Waals surface area contributed by atoms with Gasteiger partial charge in [-0.3, -0.25) is 0 Å². The van der Waals surface area contributed by atoms with Crippen LogP contribution in [0.2, 0.25) is 10.0 Å². The van der Waals surface area contributed by atoms with Crippen LogP contribution in [0.1, 0.15) is 45.3 Å². The molecular weight excluding hydrogens is 521 g/mol. The van der Waals surface area contributed by atoms with Gasteiger partial charge in [0.25, 0.3) is 0 Å². The average molecular weight is 551 g/mol. The van der Waals surface area contributed by atoms with Crippen molar-refractivity contribution in [2.45, 2.75) is 60.9 Å². The van der Waals surface area contributed by atoms with Crippen molar-refractivity contribution >= 4 is 51.8 Å². The summed E-state index contributed by atoms with van der Waals surface area (Å²) in [7, 11) is -1.13. The van der Waals surface area contributed by atoms with Crippen LogP contribution >= 0.6 is 35.0 Å². The molecule has 1 saturated heterocycles. The van der Waals surface area contributed by atoms with Crippen LogP contribution < -0.4 is 9.62 Å². The first-order valence-corrected chi connectivity index (χ1v) is 14.4. The van der Waals surface area contributed by atoms with Crippen molar-refractivity contribution in [1.29, 1.82) is 0 Å². The SMILES string of the molecule is CC(C)(C)[S@@](=O)N[C@@H]1c2cccn2CC12CCN(c1cnc(Sc3cccc(Cl)c3Cl)cn1)CC2. The normalized spacial score (nSPS) is 20.3. The van der Waals surface area contributed by atoms with Crippen molar-refractivity contribution in [2.75, 3.05) is 18.0 Å². The second kappa shape index (κ2) is 9.71. The molecule has 5 rings (SSSR count). The Morgan fingerprint density at radius 1 is 1.11 bits per heavy atom. The fourth-order valence-corrected chi connectivity index (χ4v) is 7.07. The monoisotopic (exact) mass is 549 g/mol. The topological polar surface area (TPSA) is 63.1 Å². The van der Waals surface area contributed by atoms with Crippen molar-refractivity contribution < 1.29 is 4.21 Å². The molecule has 0 bridgehead atoms. The first-order valence-electron chi connectivity index (χ1n) is 11.7. The highest BCUT2D eigenvalue weighted by atomic mass is 35.5. The molecule has 1 aromatic carbocycles. The molecule has 1 spiro atoms. The lowest BCUT2D eigenvalue weighted by Crippen LogP contribution is -2.48. The van der Waals surface area contributed by atoms with Crippen molar-refractivity contribution in [3.63, 3.8) is 0 Å². The van der Waals surface area contributed by atoms with Gasteiger partial charge < -0.3 is 9.47 Å². The van der Waals surface area contributed by atoms with Crippen molar-refractivity contribution in [2.24, 2.45) is 5.41 Å². The molecular formula is C25H29Cl2N5OS2. The first kappa shape index (κ1) is 25.1. The molecule has 2 aliphatic rings. The zero-order valence-corrected chi connectivity index (χ0v) is 23.1. The molecule has 4 heterocycles. The summed E-state index contributed by atoms with van der Waals surface area (Å²) in [4.78, 5) is 12.5. The Hall–Kier alpha value is -1.58. The van der Waals surface area contributed by atoms with E-state index in [1.807, 2.05) is 39.1 Å². The van der Waals surface area contributed by atoms with Gasteiger partial charge in [0.05, 0.1) is 44.2 Å². The lowest BCUT2D eigenvalue weighted by molar-refractivity contribution is 0.165. The molecule has 1 fully saturated rings. The van der Waals surface area contributed by atoms with Gasteiger partial charge in [0.15, 0.2) is 0 Å². The molecule has 1 N–H and O–H groups in total. The fraction of sp³-hybridized carbons (Fsp3) is 0.440. The van der Waals surface area contributed by atoms with Crippen molar-refractivity contribution in [3.05, 3.63) is 64.7 Å². The van der Waals surface area contributed by atoms with Gasteiger partial charge in [-0.1, -0.05) is 41.0 Å². The lowest BCUT2D eigenvalue weighted by atomic mass is 9.73. The molecule has 0 aliphatic carbocycles. The highest BCUT2D eigenvalue weighted by Gasteiger charge is 2.49. The number of aromatic nitrogens is 3. The predicted molar refractivity (Wildman–Crippen MR) is 145 cm³/mol. The Morgan fingerprint density at radius 2 is 1.89 bits per heavy atom. The van der Waals surface area contributed by atoms with Gasteiger partial charge in [-0.05, 0) is 57.9 Å². The van der Waals surface area contributed by atoms with Crippen LogP contribution in [0.5, 0.6) is 0 Å². The number of anilines is 1. The number of piperidine rings is 1. The predicted octanol–water partition coefficient (Wildman–Crippen LogP) is 6.13. The van der Waals surface area contributed by atoms with Crippen LogP contribution in [0.4, 0.5) is 5.82 Å². The molecule has 2 aromatic heterocycles. The third-order valence-corrected chi connectivity index (χ3v) is 10.3. The fourth-order valence-electron chi connectivity index (χ4n) is 4.88. The number of hydrogen-bond donors (Lipinski definition) is 1. The first-order chi connectivity index (χ1) is 16.7. The van der Waals surface area contributed by atoms with Crippen LogP contribution in [-0.2, 0) is 17.5 Å². The van der Waals surface area contributed by atoms with Gasteiger partial charge in [-0.2, -0.15) is 0 Å². The number of nitrogens with one attached hydrogen (secondary N) is 1. The van der Waals surface area contributed by atoms with Crippen molar-refractivity contribution in [3.8, 4) is 0 Å². The molecule has 0 amide bonds. The number of hydrogen-bond acceptors (Lipinski definition) is 5. The Balaban J connectivity index is 1.27. The maximum atomic E-state index is 13.0. The van der Waals surface area contributed by atoms with E-state index in [4.69, 9.17) is 28.2 Å². The van der Waals surface area contributed by atoms with Gasteiger partial charge >= 0.3 is 0 Å². The van der Waals surface area contributed by atoms with Gasteiger partial charge in [-0.25, -0.2) is 18.9 Å². The van der Waals surface area contributed by atoms with Crippen LogP contribution in [0.25, 0.3) is 0 Å². The third kappa shape index (κ3) is 5.01. The Labute approximate surface area is 223 Å². The van der Waals surface area contributed by atoms with E-state index in [2.05, 4.69) is 37.5 Å². The Bertz CT molecular complexity index is 1230. The quantitative estimate of drug-likeness (QED) is 0.414. The third-order valence-electron chi connectivity index (χ3n) is 6.87. The van der Waals surface area contributed by atoms with E-state index in [0.29, 0.717) is 10.0 Å². The summed E-state index contributed by atoms with van der Waals surface area (Å²) in [5.41, 5.74) is 1.28. The number of fused-ring (bicyclic) bond motifs is 1. The summed E-state index contributed by atoms with van der Waals surface area (Å²) in [5.74, 6) is 0.877. The number of halogens is 2. The molecule has 3 aromatic rings. The number of rotatable bonds is 5. The number of nitrogens with zero attached hydrogens (tertiary/aromatic N) is 4. The Kier molecular flexibility index (Phi) is 6.96. The molecule has 6 nitrogen and oxygen atoms in total. The van der Waals surface area contributed by atoms with E-state index < -0.39 is 11.0 Å². The van der Waals surface area contributed by atoms with E-state index in [1.165, 1.54) is 17.5 Å². The standard InChI is InChI=1S/C25H29Cl2N5OS2/c1-24(2,3)35(33)30-23-18-7-5-11-32(18)16-25(23)9-12-31(13-10-25)20-14-29-21(15-28-20)34-19-8-4-6-17(26)22(19)27/h4-8,11,14-15,23,30H,9-10,12-13,16H2,1-3H3/t23-,35-/m1/s1. The van der Waals surface area contributed by atoms with E-state index in [0.717, 1.165) is 48.2 Å². The molecule has 2 aliphatic heterocycles. The summed E-state index contributed by atoms with van der Waals surface area (Å²) < 4.78 is 18.5. The van der Waals surface area contributed by atoms with Gasteiger partial charge in [0.2, 0.25) is 0 Å². The van der Waals surface area contributed by atoms with E-state index in [1.54, 1.807) is 12.3 Å². The summed E-state index contributed by atoms with van der Waals surface area (Å²) in [6, 6.07) is 9.89. The van der Waals surface area contributed by atoms with Crippen LogP contribution in [0.3, 0.4) is 0 Å². The maximum Gasteiger partial charge on any atom is 0.147 e. The second-order valence-electron chi connectivity index (χ2n) is 10.2. The largest absolute Gasteiger partial charge is 0.355 e. The molecule has 0 unspecified atom stereocenters. The highest BCUT2D eigenvalue weighted by Crippen LogP contribution is 2.50. The van der Waals surface area contributed by atoms with E-state index in [-0.39, 0.29) is 16.2 Å². The lowest BCUT2D eigenvalue weighted by Gasteiger charge is -2.43. The van der Waals surface area contributed by atoms with Gasteiger partial charge in [0.1, 0.15) is 10.8 Å². The molecule has 35 heavy (non-hydrogen) atoms. The molecule has 10 heteroatoms. The summed E-state index contributed by atoms with van der Waals surface area (Å²) in [5, 5.41) is 1.83. The molecule has 2 atom stereocenters. The number of benzene rings is 1. The maximum absolute atomic E-state index is 13.0. The smallest absolute Gasteiger partial charge is 0.147 e. The Morgan fingerprint density at radius 3 is 2.57 bits per heavy atom. The molecule has 0 radical (unpaired) electrons. The minimum Gasteiger partial charge on any atom is -0.355 e. The minimum absolute atomic E-state index is 0.0422. The summed E-state index contributed by atoms with van der Waals surface area (Å²) >= 11 is 13.9. The summed E-state index contributed by atoms with van der Waals surface area (Å²) in [6.45, 7) is 8.75. The second-order valence-corrected chi connectivity index (χ2v) is 14.1. The van der Waals surface area contributed by atoms with Crippen LogP contribution in [-0.4, -0.2) is 36.6 Å². The average Bonchev–Trinajstić information content (AvgIpc) is 3.38. The molecule has 0 saturated carbocycles. The highest BCUT2D eigenvalue weighted by molar-refractivity contribution is 7.99. The summed E-state index contributed by atoms with van der Waals surface area (Å²) in [6.07, 6.45) is 7.74. The van der Waals surface area contributed by atoms with Gasteiger partial charge in [-0.15, -0.1) is 0 Å². The molecule has 186 valence electrons. The van der Waals surface area contributed by atoms with E-state index in [9.17, 15) is 4.21 Å². The van der Waals surface area contributed by atoms with E-state index >= 15 is 0 Å². The minimum atomic E-state index is -1.13. The van der Waals surface area contributed by atoms with Crippen LogP contribution in [0.15, 0.2) is 58.8 Å². The van der Waals surface area contributed by atoms with Gasteiger partial charge in [0, 0.05) is 41.8 Å². The van der Waals surface area contributed by atoms with Crippen molar-refractivity contribution in [1.82, 2.24) is 19.3 Å². The zero-order valence-electron chi connectivity index (χ0n) is 20.0.